The number of hydrogen-bond acceptors (Lipinski definition) is 3. The summed E-state index contributed by atoms with van der Waals surface area (Å²) in [6.45, 7) is 2.51. The lowest BCUT2D eigenvalue weighted by Crippen LogP contribution is -2.26. The van der Waals surface area contributed by atoms with Crippen molar-refractivity contribution in [1.82, 2.24) is 10.3 Å². The van der Waals surface area contributed by atoms with E-state index < -0.39 is 5.82 Å². The van der Waals surface area contributed by atoms with Gasteiger partial charge in [-0.15, -0.1) is 0 Å². The van der Waals surface area contributed by atoms with Gasteiger partial charge in [0.15, 0.2) is 5.82 Å². The minimum atomic E-state index is -0.426. The van der Waals surface area contributed by atoms with Gasteiger partial charge in [-0.25, -0.2) is 9.37 Å². The topological polar surface area (TPSA) is 34.1 Å². The zero-order chi connectivity index (χ0) is 9.68. The van der Waals surface area contributed by atoms with E-state index in [1.807, 2.05) is 14.0 Å². The summed E-state index contributed by atoms with van der Waals surface area (Å²) < 4.78 is 18.2. The summed E-state index contributed by atoms with van der Waals surface area (Å²) in [7, 11) is 1.81. The van der Waals surface area contributed by atoms with Crippen molar-refractivity contribution in [3.8, 4) is 5.88 Å². The second-order valence-corrected chi connectivity index (χ2v) is 2.78. The monoisotopic (exact) mass is 184 g/mol. The Hall–Kier alpha value is -1.16. The van der Waals surface area contributed by atoms with Crippen LogP contribution in [0.25, 0.3) is 0 Å². The third-order valence-electron chi connectivity index (χ3n) is 1.53. The molecule has 1 aromatic rings. The molecule has 0 saturated carbocycles. The van der Waals surface area contributed by atoms with Crippen molar-refractivity contribution in [2.45, 2.75) is 13.0 Å². The number of likely N-dealkylation sites (N-methyl/N-ethyl adjacent to an activating group) is 1. The van der Waals surface area contributed by atoms with Crippen molar-refractivity contribution in [2.24, 2.45) is 0 Å². The normalized spacial score (nSPS) is 12.5. The number of pyridine rings is 1. The maximum absolute atomic E-state index is 13.0. The van der Waals surface area contributed by atoms with Gasteiger partial charge in [0.2, 0.25) is 0 Å². The molecule has 0 aromatic carbocycles. The van der Waals surface area contributed by atoms with Crippen LogP contribution >= 0.6 is 0 Å². The van der Waals surface area contributed by atoms with E-state index in [9.17, 15) is 4.39 Å². The van der Waals surface area contributed by atoms with E-state index in [4.69, 9.17) is 4.74 Å². The van der Waals surface area contributed by atoms with E-state index in [0.29, 0.717) is 6.54 Å². The maximum Gasteiger partial charge on any atom is 0.250 e. The number of ether oxygens (including phenoxy) is 1. The zero-order valence-electron chi connectivity index (χ0n) is 7.75. The first-order chi connectivity index (χ1) is 6.24. The molecule has 1 heterocycles. The van der Waals surface area contributed by atoms with Gasteiger partial charge in [-0.1, -0.05) is 0 Å². The Balaban J connectivity index is 2.58. The Morgan fingerprint density at radius 3 is 3.08 bits per heavy atom. The molecular weight excluding hydrogens is 171 g/mol. The van der Waals surface area contributed by atoms with Gasteiger partial charge in [0.1, 0.15) is 6.10 Å². The molecule has 0 aliphatic heterocycles. The zero-order valence-corrected chi connectivity index (χ0v) is 7.75. The Labute approximate surface area is 76.9 Å². The molecule has 0 aliphatic carbocycles. The van der Waals surface area contributed by atoms with Crippen LogP contribution in [0.3, 0.4) is 0 Å². The SMILES string of the molecule is CNCC(C)Oc1ncccc1F. The first-order valence-corrected chi connectivity index (χ1v) is 4.16. The molecule has 0 aliphatic rings. The molecule has 1 unspecified atom stereocenters. The Morgan fingerprint density at radius 1 is 1.69 bits per heavy atom. The van der Waals surface area contributed by atoms with Crippen LogP contribution in [0.2, 0.25) is 0 Å². The fourth-order valence-corrected chi connectivity index (χ4v) is 0.978. The van der Waals surface area contributed by atoms with Gasteiger partial charge >= 0.3 is 0 Å². The van der Waals surface area contributed by atoms with Crippen molar-refractivity contribution in [3.63, 3.8) is 0 Å². The fraction of sp³-hybridized carbons (Fsp3) is 0.444. The molecule has 0 spiro atoms. The predicted molar refractivity (Wildman–Crippen MR) is 48.2 cm³/mol. The molecule has 0 amide bonds. The summed E-state index contributed by atoms with van der Waals surface area (Å²) in [5.41, 5.74) is 0. The van der Waals surface area contributed by atoms with Crippen LogP contribution in [-0.2, 0) is 0 Å². The first-order valence-electron chi connectivity index (χ1n) is 4.16. The molecule has 3 nitrogen and oxygen atoms in total. The van der Waals surface area contributed by atoms with Gasteiger partial charge in [0, 0.05) is 12.7 Å². The van der Waals surface area contributed by atoms with Crippen molar-refractivity contribution >= 4 is 0 Å². The number of aromatic nitrogens is 1. The third kappa shape index (κ3) is 2.99. The number of rotatable bonds is 4. The van der Waals surface area contributed by atoms with Crippen LogP contribution in [0.15, 0.2) is 18.3 Å². The van der Waals surface area contributed by atoms with E-state index in [2.05, 4.69) is 10.3 Å². The molecule has 0 bridgehead atoms. The highest BCUT2D eigenvalue weighted by Gasteiger charge is 2.07. The molecule has 1 N–H and O–H groups in total. The summed E-state index contributed by atoms with van der Waals surface area (Å²) in [4.78, 5) is 3.78. The molecule has 0 fully saturated rings. The van der Waals surface area contributed by atoms with E-state index in [1.165, 1.54) is 18.3 Å². The lowest BCUT2D eigenvalue weighted by Gasteiger charge is -2.12. The molecule has 13 heavy (non-hydrogen) atoms. The summed E-state index contributed by atoms with van der Waals surface area (Å²) in [5, 5.41) is 2.93. The molecule has 1 aromatic heterocycles. The predicted octanol–water partition coefficient (Wildman–Crippen LogP) is 1.21. The van der Waals surface area contributed by atoms with Crippen molar-refractivity contribution in [2.75, 3.05) is 13.6 Å². The van der Waals surface area contributed by atoms with Crippen LogP contribution in [0, 0.1) is 5.82 Å². The number of halogens is 1. The minimum Gasteiger partial charge on any atom is -0.471 e. The largest absolute Gasteiger partial charge is 0.471 e. The Bertz CT molecular complexity index is 268. The van der Waals surface area contributed by atoms with E-state index >= 15 is 0 Å². The second-order valence-electron chi connectivity index (χ2n) is 2.78. The van der Waals surface area contributed by atoms with Crippen LogP contribution in [-0.4, -0.2) is 24.7 Å². The van der Waals surface area contributed by atoms with Crippen molar-refractivity contribution < 1.29 is 9.13 Å². The average molecular weight is 184 g/mol. The Kier molecular flexibility index (Phi) is 3.64. The maximum atomic E-state index is 13.0. The van der Waals surface area contributed by atoms with Gasteiger partial charge in [0.05, 0.1) is 0 Å². The van der Waals surface area contributed by atoms with E-state index in [-0.39, 0.29) is 12.0 Å². The smallest absolute Gasteiger partial charge is 0.250 e. The Morgan fingerprint density at radius 2 is 2.46 bits per heavy atom. The molecule has 0 radical (unpaired) electrons. The molecular formula is C9H13FN2O. The first kappa shape index (κ1) is 9.92. The highest BCUT2D eigenvalue weighted by molar-refractivity contribution is 5.13. The average Bonchev–Trinajstić information content (AvgIpc) is 2.09. The van der Waals surface area contributed by atoms with Crippen LogP contribution in [0.4, 0.5) is 4.39 Å². The third-order valence-corrected chi connectivity index (χ3v) is 1.53. The van der Waals surface area contributed by atoms with Crippen molar-refractivity contribution in [1.29, 1.82) is 0 Å². The molecule has 0 saturated heterocycles. The van der Waals surface area contributed by atoms with Crippen molar-refractivity contribution in [3.05, 3.63) is 24.1 Å². The van der Waals surface area contributed by atoms with Gasteiger partial charge in [0.25, 0.3) is 5.88 Å². The highest BCUT2D eigenvalue weighted by Crippen LogP contribution is 2.12. The highest BCUT2D eigenvalue weighted by atomic mass is 19.1. The van der Waals surface area contributed by atoms with Gasteiger partial charge in [-0.3, -0.25) is 0 Å². The number of nitrogens with zero attached hydrogens (tertiary/aromatic N) is 1. The molecule has 72 valence electrons. The summed E-state index contributed by atoms with van der Waals surface area (Å²) in [6.07, 6.45) is 1.42. The standard InChI is InChI=1S/C9H13FN2O/c1-7(6-11-2)13-9-8(10)4-3-5-12-9/h3-5,7,11H,6H2,1-2H3. The van der Waals surface area contributed by atoms with Crippen LogP contribution in [0.1, 0.15) is 6.92 Å². The summed E-state index contributed by atoms with van der Waals surface area (Å²) >= 11 is 0. The summed E-state index contributed by atoms with van der Waals surface area (Å²) in [6, 6.07) is 2.86. The van der Waals surface area contributed by atoms with E-state index in [1.54, 1.807) is 0 Å². The lowest BCUT2D eigenvalue weighted by molar-refractivity contribution is 0.201. The van der Waals surface area contributed by atoms with Crippen LogP contribution < -0.4 is 10.1 Å². The quantitative estimate of drug-likeness (QED) is 0.763. The minimum absolute atomic E-state index is 0.0604. The summed E-state index contributed by atoms with van der Waals surface area (Å²) in [5.74, 6) is -0.365. The number of nitrogens with one attached hydrogen (secondary N) is 1. The molecule has 4 heteroatoms. The number of hydrogen-bond donors (Lipinski definition) is 1. The van der Waals surface area contributed by atoms with Crippen LogP contribution in [0.5, 0.6) is 5.88 Å². The van der Waals surface area contributed by atoms with E-state index in [0.717, 1.165) is 0 Å². The lowest BCUT2D eigenvalue weighted by atomic mass is 10.4. The molecule has 1 rings (SSSR count). The van der Waals surface area contributed by atoms with Gasteiger partial charge < -0.3 is 10.1 Å². The van der Waals surface area contributed by atoms with Gasteiger partial charge in [-0.2, -0.15) is 0 Å². The second kappa shape index (κ2) is 4.77. The van der Waals surface area contributed by atoms with Gasteiger partial charge in [-0.05, 0) is 26.1 Å². The molecule has 1 atom stereocenters. The fourth-order valence-electron chi connectivity index (χ4n) is 0.978.